The summed E-state index contributed by atoms with van der Waals surface area (Å²) in [6, 6.07) is 13.8. The maximum atomic E-state index is 12.5. The maximum Gasteiger partial charge on any atom is 0.267 e. The summed E-state index contributed by atoms with van der Waals surface area (Å²) in [5.74, 6) is -0.560. The monoisotopic (exact) mass is 438 g/mol. The molecule has 3 aromatic rings. The summed E-state index contributed by atoms with van der Waals surface area (Å²) >= 11 is 6.09. The van der Waals surface area contributed by atoms with Gasteiger partial charge in [0.25, 0.3) is 5.56 Å². The summed E-state index contributed by atoms with van der Waals surface area (Å²) in [6.07, 6.45) is 0.756. The van der Waals surface area contributed by atoms with E-state index in [4.69, 9.17) is 11.6 Å². The summed E-state index contributed by atoms with van der Waals surface area (Å²) in [7, 11) is 0. The van der Waals surface area contributed by atoms with Crippen molar-refractivity contribution in [3.05, 3.63) is 75.0 Å². The van der Waals surface area contributed by atoms with Crippen molar-refractivity contribution < 1.29 is 9.59 Å². The fourth-order valence-electron chi connectivity index (χ4n) is 3.13. The van der Waals surface area contributed by atoms with Gasteiger partial charge < -0.3 is 10.6 Å². The van der Waals surface area contributed by atoms with E-state index in [1.54, 1.807) is 31.2 Å². The van der Waals surface area contributed by atoms with Crippen molar-refractivity contribution in [2.75, 3.05) is 10.6 Å². The van der Waals surface area contributed by atoms with Crippen LogP contribution in [0.1, 0.15) is 25.0 Å². The number of carbonyl (C=O) groups is 2. The number of aromatic nitrogens is 2. The van der Waals surface area contributed by atoms with Crippen molar-refractivity contribution in [1.29, 1.82) is 0 Å². The standard InChI is InChI=1S/C23H23ClN4O3/c1-4-16-8-9-17(12-21(16)25-15(3)29)20-10-11-23(31)28(27-20)13-22(30)26-19-7-5-6-18(24)14(19)2/h5-12H,4,13H2,1-3H3,(H,25,29)(H,26,30). The van der Waals surface area contributed by atoms with Gasteiger partial charge >= 0.3 is 0 Å². The van der Waals surface area contributed by atoms with Gasteiger partial charge in [-0.1, -0.05) is 36.7 Å². The zero-order valence-electron chi connectivity index (χ0n) is 17.5. The predicted octanol–water partition coefficient (Wildman–Crippen LogP) is 4.03. The second-order valence-electron chi connectivity index (χ2n) is 7.08. The van der Waals surface area contributed by atoms with Crippen molar-refractivity contribution in [2.24, 2.45) is 0 Å². The number of hydrogen-bond donors (Lipinski definition) is 2. The lowest BCUT2D eigenvalue weighted by atomic mass is 10.0. The van der Waals surface area contributed by atoms with Crippen LogP contribution in [0.2, 0.25) is 5.02 Å². The molecule has 1 aromatic heterocycles. The number of nitrogens with zero attached hydrogens (tertiary/aromatic N) is 2. The molecule has 0 radical (unpaired) electrons. The molecule has 2 aromatic carbocycles. The normalized spacial score (nSPS) is 10.6. The predicted molar refractivity (Wildman–Crippen MR) is 122 cm³/mol. The first-order chi connectivity index (χ1) is 14.8. The minimum atomic E-state index is -0.394. The second kappa shape index (κ2) is 9.57. The van der Waals surface area contributed by atoms with Crippen LogP contribution in [-0.4, -0.2) is 21.6 Å². The van der Waals surface area contributed by atoms with Gasteiger partial charge in [0.2, 0.25) is 11.8 Å². The van der Waals surface area contributed by atoms with E-state index in [9.17, 15) is 14.4 Å². The first-order valence-electron chi connectivity index (χ1n) is 9.82. The van der Waals surface area contributed by atoms with Gasteiger partial charge in [0.1, 0.15) is 6.54 Å². The van der Waals surface area contributed by atoms with E-state index in [1.807, 2.05) is 25.1 Å². The highest BCUT2D eigenvalue weighted by molar-refractivity contribution is 6.31. The van der Waals surface area contributed by atoms with Gasteiger partial charge in [0.05, 0.1) is 5.69 Å². The lowest BCUT2D eigenvalue weighted by molar-refractivity contribution is -0.117. The molecule has 8 heteroatoms. The van der Waals surface area contributed by atoms with Crippen LogP contribution in [0.3, 0.4) is 0 Å². The molecule has 0 saturated heterocycles. The summed E-state index contributed by atoms with van der Waals surface area (Å²) in [6.45, 7) is 5.00. The Bertz CT molecular complexity index is 1200. The van der Waals surface area contributed by atoms with Crippen molar-refractivity contribution in [2.45, 2.75) is 33.7 Å². The lowest BCUT2D eigenvalue weighted by Gasteiger charge is -2.12. The van der Waals surface area contributed by atoms with Crippen molar-refractivity contribution in [3.63, 3.8) is 0 Å². The minimum Gasteiger partial charge on any atom is -0.326 e. The summed E-state index contributed by atoms with van der Waals surface area (Å²) < 4.78 is 1.11. The molecule has 1 heterocycles. The van der Waals surface area contributed by atoms with Crippen LogP contribution < -0.4 is 16.2 Å². The first-order valence-corrected chi connectivity index (χ1v) is 10.2. The Morgan fingerprint density at radius 1 is 1.06 bits per heavy atom. The molecule has 3 rings (SSSR count). The van der Waals surface area contributed by atoms with Crippen LogP contribution in [0.5, 0.6) is 0 Å². The van der Waals surface area contributed by atoms with E-state index in [0.29, 0.717) is 22.1 Å². The van der Waals surface area contributed by atoms with Crippen LogP contribution in [0.25, 0.3) is 11.3 Å². The largest absolute Gasteiger partial charge is 0.326 e. The molecule has 0 unspecified atom stereocenters. The van der Waals surface area contributed by atoms with Crippen molar-refractivity contribution in [1.82, 2.24) is 9.78 Å². The minimum absolute atomic E-state index is 0.169. The SMILES string of the molecule is CCc1ccc(-c2ccc(=O)n(CC(=O)Nc3cccc(Cl)c3C)n2)cc1NC(C)=O. The van der Waals surface area contributed by atoms with E-state index in [0.717, 1.165) is 27.8 Å². The van der Waals surface area contributed by atoms with Crippen LogP contribution in [-0.2, 0) is 22.6 Å². The van der Waals surface area contributed by atoms with Gasteiger partial charge in [-0.25, -0.2) is 4.68 Å². The molecule has 2 N–H and O–H groups in total. The third-order valence-electron chi connectivity index (χ3n) is 4.80. The summed E-state index contributed by atoms with van der Waals surface area (Å²) in [5, 5.41) is 10.5. The average Bonchev–Trinajstić information content (AvgIpc) is 2.72. The number of benzene rings is 2. The number of rotatable bonds is 6. The highest BCUT2D eigenvalue weighted by atomic mass is 35.5. The molecule has 0 spiro atoms. The van der Waals surface area contributed by atoms with Crippen molar-refractivity contribution in [3.8, 4) is 11.3 Å². The van der Waals surface area contributed by atoms with E-state index in [-0.39, 0.29) is 12.5 Å². The van der Waals surface area contributed by atoms with Gasteiger partial charge in [-0.05, 0) is 48.7 Å². The van der Waals surface area contributed by atoms with Gasteiger partial charge in [0.15, 0.2) is 0 Å². The molecular formula is C23H23ClN4O3. The number of hydrogen-bond acceptors (Lipinski definition) is 4. The number of nitrogens with one attached hydrogen (secondary N) is 2. The summed E-state index contributed by atoms with van der Waals surface area (Å²) in [4.78, 5) is 36.3. The van der Waals surface area contributed by atoms with Gasteiger partial charge in [-0.3, -0.25) is 14.4 Å². The van der Waals surface area contributed by atoms with Crippen LogP contribution in [0, 0.1) is 6.92 Å². The number of anilines is 2. The van der Waals surface area contributed by atoms with Crippen LogP contribution >= 0.6 is 11.6 Å². The highest BCUT2D eigenvalue weighted by Crippen LogP contribution is 2.25. The third kappa shape index (κ3) is 5.38. The van der Waals surface area contributed by atoms with Crippen LogP contribution in [0.15, 0.2) is 53.3 Å². The molecule has 2 amide bonds. The molecule has 31 heavy (non-hydrogen) atoms. The molecule has 0 atom stereocenters. The molecule has 0 saturated carbocycles. The Hall–Kier alpha value is -3.45. The fraction of sp³-hybridized carbons (Fsp3) is 0.217. The second-order valence-corrected chi connectivity index (χ2v) is 7.49. The third-order valence-corrected chi connectivity index (χ3v) is 5.21. The molecule has 160 valence electrons. The Morgan fingerprint density at radius 3 is 2.55 bits per heavy atom. The smallest absolute Gasteiger partial charge is 0.267 e. The number of halogens is 1. The number of amides is 2. The van der Waals surface area contributed by atoms with Crippen LogP contribution in [0.4, 0.5) is 11.4 Å². The van der Waals surface area contributed by atoms with E-state index in [2.05, 4.69) is 15.7 Å². The molecule has 0 aliphatic rings. The van der Waals surface area contributed by atoms with E-state index >= 15 is 0 Å². The lowest BCUT2D eigenvalue weighted by Crippen LogP contribution is -2.29. The Morgan fingerprint density at radius 2 is 1.84 bits per heavy atom. The topological polar surface area (TPSA) is 93.1 Å². The van der Waals surface area contributed by atoms with Gasteiger partial charge in [0, 0.05) is 35.0 Å². The van der Waals surface area contributed by atoms with E-state index in [1.165, 1.54) is 13.0 Å². The summed E-state index contributed by atoms with van der Waals surface area (Å²) in [5.41, 5.74) is 3.85. The number of aryl methyl sites for hydroxylation is 1. The Kier molecular flexibility index (Phi) is 6.87. The molecular weight excluding hydrogens is 416 g/mol. The first kappa shape index (κ1) is 22.2. The number of carbonyl (C=O) groups excluding carboxylic acids is 2. The zero-order valence-corrected chi connectivity index (χ0v) is 18.3. The quantitative estimate of drug-likeness (QED) is 0.607. The molecule has 0 aliphatic heterocycles. The van der Waals surface area contributed by atoms with Crippen molar-refractivity contribution >= 4 is 34.8 Å². The highest BCUT2D eigenvalue weighted by Gasteiger charge is 2.12. The molecule has 7 nitrogen and oxygen atoms in total. The van der Waals surface area contributed by atoms with Gasteiger partial charge in [-0.15, -0.1) is 0 Å². The average molecular weight is 439 g/mol. The molecule has 0 aliphatic carbocycles. The fourth-order valence-corrected chi connectivity index (χ4v) is 3.31. The zero-order chi connectivity index (χ0) is 22.5. The maximum absolute atomic E-state index is 12.5. The Labute approximate surface area is 185 Å². The molecule has 0 fully saturated rings. The van der Waals surface area contributed by atoms with E-state index < -0.39 is 11.5 Å². The van der Waals surface area contributed by atoms with Gasteiger partial charge in [-0.2, -0.15) is 5.10 Å². The molecule has 0 bridgehead atoms. The Balaban J connectivity index is 1.86.